The normalized spacial score (nSPS) is 21.0. The number of hydrogen-bond acceptors (Lipinski definition) is 11. The average molecular weight is 1120 g/mol. The monoisotopic (exact) mass is 1110 g/mol. The van der Waals surface area contributed by atoms with Crippen LogP contribution in [0, 0.1) is 5.92 Å². The summed E-state index contributed by atoms with van der Waals surface area (Å²) in [5.41, 5.74) is 9.41. The quantitative estimate of drug-likeness (QED) is 0.0531. The lowest BCUT2D eigenvalue weighted by molar-refractivity contribution is -0.145. The van der Waals surface area contributed by atoms with E-state index in [0.717, 1.165) is 10.9 Å². The largest absolute Gasteiger partial charge is 0.496 e. The molecule has 8 N–H and O–H groups in total. The lowest BCUT2D eigenvalue weighted by atomic mass is 9.95. The summed E-state index contributed by atoms with van der Waals surface area (Å²) >= 11 is 0. The Morgan fingerprint density at radius 1 is 0.573 bits per heavy atom. The van der Waals surface area contributed by atoms with Crippen molar-refractivity contribution in [3.05, 3.63) is 173 Å². The zero-order chi connectivity index (χ0) is 58.1. The van der Waals surface area contributed by atoms with Crippen LogP contribution < -0.4 is 51.8 Å². The smallest absolute Gasteiger partial charge is 0.246 e. The van der Waals surface area contributed by atoms with Gasteiger partial charge < -0.3 is 56.7 Å². The van der Waals surface area contributed by atoms with Crippen molar-refractivity contribution >= 4 is 52.1 Å². The van der Waals surface area contributed by atoms with Crippen molar-refractivity contribution in [2.24, 2.45) is 11.7 Å². The SMILES string of the molecule is COc1cc2cccc(OC)c2cc1C[C@@H]1NC(=O)[C@H](Cc2ccccc2)NC(=O)[C@@H]2C(C(=O)NC(C)C)CCN2C(=O)[C@H](Cc2ccccc2)NC(=O)[C@H](Cc2ccc(OCc3ccccc3)cc2)NC(=O)[C@H](CCCCN)NC1=O. The van der Waals surface area contributed by atoms with Gasteiger partial charge in [-0.25, -0.2) is 0 Å². The highest BCUT2D eigenvalue weighted by molar-refractivity contribution is 6.01. The zero-order valence-corrected chi connectivity index (χ0v) is 46.9. The second kappa shape index (κ2) is 28.6. The number of hydrogen-bond donors (Lipinski definition) is 7. The molecule has 430 valence electrons. The summed E-state index contributed by atoms with van der Waals surface area (Å²) in [6, 6.07) is 35.4. The van der Waals surface area contributed by atoms with Crippen molar-refractivity contribution < 1.29 is 47.8 Å². The maximum absolute atomic E-state index is 15.4. The van der Waals surface area contributed by atoms with Crippen LogP contribution in [0.15, 0.2) is 146 Å². The minimum atomic E-state index is -1.45. The second-order valence-electron chi connectivity index (χ2n) is 21.2. The van der Waals surface area contributed by atoms with E-state index < -0.39 is 83.5 Å². The molecule has 18 heteroatoms. The molecule has 2 saturated heterocycles. The summed E-state index contributed by atoms with van der Waals surface area (Å²) in [5, 5.41) is 19.1. The van der Waals surface area contributed by atoms with E-state index in [9.17, 15) is 4.79 Å². The third-order valence-electron chi connectivity index (χ3n) is 14.9. The number of rotatable bonds is 19. The fourth-order valence-corrected chi connectivity index (χ4v) is 10.6. The lowest BCUT2D eigenvalue weighted by Gasteiger charge is -2.33. The molecule has 0 spiro atoms. The first-order chi connectivity index (χ1) is 39.7. The molecule has 0 bridgehead atoms. The van der Waals surface area contributed by atoms with E-state index in [-0.39, 0.29) is 51.1 Å². The first-order valence-corrected chi connectivity index (χ1v) is 28.0. The van der Waals surface area contributed by atoms with Gasteiger partial charge in [0.05, 0.1) is 20.1 Å². The van der Waals surface area contributed by atoms with E-state index in [1.165, 1.54) is 12.0 Å². The van der Waals surface area contributed by atoms with Gasteiger partial charge in [0.15, 0.2) is 0 Å². The van der Waals surface area contributed by atoms with Gasteiger partial charge in [0.1, 0.15) is 60.1 Å². The Bertz CT molecular complexity index is 3160. The van der Waals surface area contributed by atoms with E-state index in [4.69, 9.17) is 19.9 Å². The fraction of sp³-hybridized carbons (Fsp3) is 0.359. The molecule has 7 amide bonds. The van der Waals surface area contributed by atoms with Crippen LogP contribution in [0.5, 0.6) is 17.2 Å². The Morgan fingerprint density at radius 2 is 1.09 bits per heavy atom. The Morgan fingerprint density at radius 3 is 1.66 bits per heavy atom. The molecule has 0 aromatic heterocycles. The highest BCUT2D eigenvalue weighted by atomic mass is 16.5. The summed E-state index contributed by atoms with van der Waals surface area (Å²) in [5.74, 6) is -4.38. The number of benzene rings is 6. The predicted octanol–water partition coefficient (Wildman–Crippen LogP) is 5.01. The zero-order valence-electron chi connectivity index (χ0n) is 46.9. The Balaban J connectivity index is 1.23. The maximum Gasteiger partial charge on any atom is 0.246 e. The summed E-state index contributed by atoms with van der Waals surface area (Å²) in [6.45, 7) is 4.14. The number of carbonyl (C=O) groups is 7. The van der Waals surface area contributed by atoms with Gasteiger partial charge in [-0.05, 0) is 110 Å². The van der Waals surface area contributed by atoms with Crippen LogP contribution in [0.2, 0.25) is 0 Å². The molecular weight excluding hydrogens is 1040 g/mol. The first kappa shape index (κ1) is 59.4. The van der Waals surface area contributed by atoms with E-state index in [0.29, 0.717) is 70.9 Å². The number of nitrogens with zero attached hydrogens (tertiary/aromatic N) is 1. The van der Waals surface area contributed by atoms with Crippen molar-refractivity contribution in [3.63, 3.8) is 0 Å². The molecule has 0 aliphatic carbocycles. The van der Waals surface area contributed by atoms with Gasteiger partial charge >= 0.3 is 0 Å². The molecule has 0 radical (unpaired) electrons. The topological polar surface area (TPSA) is 249 Å². The summed E-state index contributed by atoms with van der Waals surface area (Å²) in [4.78, 5) is 107. The molecule has 2 aliphatic heterocycles. The molecule has 6 aromatic carbocycles. The van der Waals surface area contributed by atoms with Gasteiger partial charge in [0.25, 0.3) is 0 Å². The van der Waals surface area contributed by atoms with Crippen LogP contribution in [-0.2, 0) is 65.9 Å². The molecule has 7 atom stereocenters. The third kappa shape index (κ3) is 15.6. The second-order valence-corrected chi connectivity index (χ2v) is 21.2. The maximum atomic E-state index is 15.4. The Hall–Kier alpha value is -8.77. The predicted molar refractivity (Wildman–Crippen MR) is 311 cm³/mol. The molecule has 2 fully saturated rings. The number of nitrogens with two attached hydrogens (primary N) is 1. The minimum absolute atomic E-state index is 0.0276. The summed E-state index contributed by atoms with van der Waals surface area (Å²) in [7, 11) is 3.04. The molecule has 82 heavy (non-hydrogen) atoms. The number of unbranched alkanes of at least 4 members (excludes halogenated alkanes) is 1. The number of fused-ring (bicyclic) bond motifs is 2. The van der Waals surface area contributed by atoms with Gasteiger partial charge in [-0.15, -0.1) is 0 Å². The van der Waals surface area contributed by atoms with Gasteiger partial charge in [-0.3, -0.25) is 33.6 Å². The van der Waals surface area contributed by atoms with Crippen molar-refractivity contribution in [2.75, 3.05) is 27.3 Å². The number of ether oxygens (including phenoxy) is 3. The van der Waals surface area contributed by atoms with Crippen molar-refractivity contribution in [1.82, 2.24) is 36.8 Å². The number of carbonyl (C=O) groups excluding carboxylic acids is 7. The number of amides is 7. The molecule has 2 aliphatic rings. The minimum Gasteiger partial charge on any atom is -0.496 e. The van der Waals surface area contributed by atoms with Crippen LogP contribution in [0.3, 0.4) is 0 Å². The number of methoxy groups -OCH3 is 2. The van der Waals surface area contributed by atoms with Gasteiger partial charge in [-0.1, -0.05) is 115 Å². The van der Waals surface area contributed by atoms with Crippen molar-refractivity contribution in [1.29, 1.82) is 0 Å². The van der Waals surface area contributed by atoms with Gasteiger partial charge in [0, 0.05) is 43.7 Å². The van der Waals surface area contributed by atoms with E-state index in [1.807, 2.05) is 60.7 Å². The van der Waals surface area contributed by atoms with Crippen LogP contribution in [0.1, 0.15) is 67.3 Å². The van der Waals surface area contributed by atoms with Crippen LogP contribution in [0.25, 0.3) is 10.8 Å². The highest BCUT2D eigenvalue weighted by Crippen LogP contribution is 2.33. The van der Waals surface area contributed by atoms with Crippen LogP contribution >= 0.6 is 0 Å². The van der Waals surface area contributed by atoms with E-state index in [1.54, 1.807) is 106 Å². The summed E-state index contributed by atoms with van der Waals surface area (Å²) in [6.07, 6.45) is 0.758. The summed E-state index contributed by atoms with van der Waals surface area (Å²) < 4.78 is 17.7. The molecule has 1 unspecified atom stereocenters. The highest BCUT2D eigenvalue weighted by Gasteiger charge is 2.48. The van der Waals surface area contributed by atoms with Crippen LogP contribution in [-0.4, -0.2) is 116 Å². The van der Waals surface area contributed by atoms with Gasteiger partial charge in [0.2, 0.25) is 41.4 Å². The molecule has 6 aromatic rings. The molecule has 0 saturated carbocycles. The number of nitrogens with one attached hydrogen (secondary N) is 6. The average Bonchev–Trinajstić information content (AvgIpc) is 4.00. The van der Waals surface area contributed by atoms with Gasteiger partial charge in [-0.2, -0.15) is 0 Å². The molecule has 2 heterocycles. The van der Waals surface area contributed by atoms with Crippen molar-refractivity contribution in [2.45, 2.75) is 114 Å². The standard InChI is InChI=1S/C64H74N8O10/c1-40(2)66-58(73)48-30-32-72-57(48)63(78)70-52(33-41-17-8-5-9-18-41)60(75)69-53(37-46-36-49-45(38-56(46)81-4)23-16-25-55(49)80-3)62(77)67-50(24-14-15-31-65)59(74)68-51(61(76)71-54(64(72)79)35-42-19-10-6-11-20-42)34-43-26-28-47(29-27-43)82-39-44-21-12-7-13-22-44/h5-13,16-23,25-29,36,38,40,48,50-54,57H,14-15,24,30-35,37,39,65H2,1-4H3,(H,66,73)(H,67,77)(H,68,74)(H,69,75)(H,70,78)(H,71,76)/t48?,50-,51-,52-,53-,54-,57-/m0/s1. The molecular formula is C64H74N8O10. The van der Waals surface area contributed by atoms with Crippen LogP contribution in [0.4, 0.5) is 0 Å². The lowest BCUT2D eigenvalue weighted by Crippen LogP contribution is -2.63. The first-order valence-electron chi connectivity index (χ1n) is 28.0. The van der Waals surface area contributed by atoms with E-state index in [2.05, 4.69) is 31.9 Å². The molecule has 8 rings (SSSR count). The molecule has 18 nitrogen and oxygen atoms in total. The van der Waals surface area contributed by atoms with E-state index >= 15 is 28.8 Å². The Kier molecular flexibility index (Phi) is 20.7. The van der Waals surface area contributed by atoms with Crippen molar-refractivity contribution in [3.8, 4) is 17.2 Å². The third-order valence-corrected chi connectivity index (χ3v) is 14.9. The fourth-order valence-electron chi connectivity index (χ4n) is 10.6. The Labute approximate surface area is 478 Å².